The summed E-state index contributed by atoms with van der Waals surface area (Å²) in [6, 6.07) is 19.4. The average molecular weight is 499 g/mol. The summed E-state index contributed by atoms with van der Waals surface area (Å²) in [6.07, 6.45) is 0. The fourth-order valence-electron chi connectivity index (χ4n) is 3.68. The maximum Gasteiger partial charge on any atom is 0.271 e. The third kappa shape index (κ3) is 6.22. The number of hydrogen-bond donors (Lipinski definition) is 2. The van der Waals surface area contributed by atoms with Crippen LogP contribution in [0.2, 0.25) is 0 Å². The summed E-state index contributed by atoms with van der Waals surface area (Å²) in [6.45, 7) is 2.95. The Morgan fingerprint density at radius 2 is 1.68 bits per heavy atom. The first-order chi connectivity index (χ1) is 16.4. The van der Waals surface area contributed by atoms with Crippen LogP contribution in [0.1, 0.15) is 15.9 Å². The molecule has 0 bridgehead atoms. The van der Waals surface area contributed by atoms with Crippen LogP contribution in [-0.2, 0) is 21.4 Å². The molecular weight excluding hydrogens is 472 g/mol. The lowest BCUT2D eigenvalue weighted by atomic mass is 10.1. The number of piperazine rings is 1. The Bertz CT molecular complexity index is 1220. The molecular formula is C24H26N4O4S2. The van der Waals surface area contributed by atoms with E-state index in [4.69, 9.17) is 0 Å². The highest BCUT2D eigenvalue weighted by Gasteiger charge is 2.24. The molecule has 2 amide bonds. The van der Waals surface area contributed by atoms with E-state index in [9.17, 15) is 18.0 Å². The molecule has 4 rings (SSSR count). The summed E-state index contributed by atoms with van der Waals surface area (Å²) in [5.74, 6) is -0.209. The van der Waals surface area contributed by atoms with E-state index in [2.05, 4.69) is 10.0 Å². The van der Waals surface area contributed by atoms with Gasteiger partial charge < -0.3 is 10.2 Å². The first-order valence-corrected chi connectivity index (χ1v) is 13.3. The van der Waals surface area contributed by atoms with Crippen LogP contribution in [0, 0.1) is 0 Å². The number of carbonyl (C=O) groups excluding carboxylic acids is 2. The highest BCUT2D eigenvalue weighted by Crippen LogP contribution is 2.21. The van der Waals surface area contributed by atoms with Gasteiger partial charge in [-0.3, -0.25) is 19.2 Å². The van der Waals surface area contributed by atoms with Crippen molar-refractivity contribution in [1.29, 1.82) is 0 Å². The molecule has 8 nitrogen and oxygen atoms in total. The smallest absolute Gasteiger partial charge is 0.271 e. The number of nitrogens with one attached hydrogen (secondary N) is 2. The Morgan fingerprint density at radius 1 is 0.912 bits per heavy atom. The van der Waals surface area contributed by atoms with Crippen LogP contribution < -0.4 is 10.0 Å². The minimum Gasteiger partial charge on any atom is -0.351 e. The molecule has 1 fully saturated rings. The second-order valence-electron chi connectivity index (χ2n) is 7.95. The van der Waals surface area contributed by atoms with Gasteiger partial charge in [-0.2, -0.15) is 0 Å². The van der Waals surface area contributed by atoms with Gasteiger partial charge in [-0.25, -0.2) is 8.42 Å². The normalized spacial score (nSPS) is 14.5. The van der Waals surface area contributed by atoms with Gasteiger partial charge in [0, 0.05) is 44.0 Å². The molecule has 1 aliphatic heterocycles. The minimum absolute atomic E-state index is 0.0469. The van der Waals surface area contributed by atoms with E-state index in [1.54, 1.807) is 40.6 Å². The molecule has 2 N–H and O–H groups in total. The molecule has 1 aromatic heterocycles. The summed E-state index contributed by atoms with van der Waals surface area (Å²) < 4.78 is 27.7. The number of carbonyl (C=O) groups is 2. The Morgan fingerprint density at radius 3 is 2.38 bits per heavy atom. The molecule has 0 saturated carbocycles. The lowest BCUT2D eigenvalue weighted by Crippen LogP contribution is -2.51. The number of benzene rings is 2. The van der Waals surface area contributed by atoms with Crippen molar-refractivity contribution in [1.82, 2.24) is 15.1 Å². The molecule has 0 unspecified atom stereocenters. The summed E-state index contributed by atoms with van der Waals surface area (Å²) in [4.78, 5) is 29.0. The topological polar surface area (TPSA) is 98.8 Å². The molecule has 2 aromatic carbocycles. The Kier molecular flexibility index (Phi) is 7.61. The number of amides is 2. The van der Waals surface area contributed by atoms with Crippen molar-refractivity contribution in [3.05, 3.63) is 83.2 Å². The van der Waals surface area contributed by atoms with E-state index in [0.29, 0.717) is 44.0 Å². The van der Waals surface area contributed by atoms with E-state index in [1.165, 1.54) is 6.07 Å². The van der Waals surface area contributed by atoms with Crippen molar-refractivity contribution in [2.75, 3.05) is 37.4 Å². The predicted molar refractivity (Wildman–Crippen MR) is 132 cm³/mol. The monoisotopic (exact) mass is 498 g/mol. The van der Waals surface area contributed by atoms with Crippen LogP contribution in [0.5, 0.6) is 0 Å². The molecule has 3 aromatic rings. The number of nitrogens with zero attached hydrogens (tertiary/aromatic N) is 2. The van der Waals surface area contributed by atoms with E-state index in [1.807, 2.05) is 35.2 Å². The van der Waals surface area contributed by atoms with E-state index >= 15 is 0 Å². The van der Waals surface area contributed by atoms with Crippen molar-refractivity contribution in [2.45, 2.75) is 10.8 Å². The van der Waals surface area contributed by atoms with Crippen LogP contribution in [0.4, 0.5) is 5.69 Å². The summed E-state index contributed by atoms with van der Waals surface area (Å²) in [7, 11) is -3.68. The van der Waals surface area contributed by atoms with E-state index < -0.39 is 10.0 Å². The lowest BCUT2D eigenvalue weighted by Gasteiger charge is -2.34. The first kappa shape index (κ1) is 23.9. The summed E-state index contributed by atoms with van der Waals surface area (Å²) in [5.41, 5.74) is 1.81. The van der Waals surface area contributed by atoms with Gasteiger partial charge in [-0.05, 0) is 35.2 Å². The fourth-order valence-corrected chi connectivity index (χ4v) is 5.73. The van der Waals surface area contributed by atoms with E-state index in [-0.39, 0.29) is 22.6 Å². The number of sulfonamides is 1. The minimum atomic E-state index is -3.68. The van der Waals surface area contributed by atoms with Gasteiger partial charge in [0.25, 0.3) is 15.9 Å². The van der Waals surface area contributed by atoms with Crippen LogP contribution in [0.15, 0.2) is 76.3 Å². The maximum atomic E-state index is 13.0. The number of hydrogen-bond acceptors (Lipinski definition) is 6. The molecule has 0 atom stereocenters. The van der Waals surface area contributed by atoms with Crippen LogP contribution >= 0.6 is 11.3 Å². The third-order valence-electron chi connectivity index (χ3n) is 5.48. The average Bonchev–Trinajstić information content (AvgIpc) is 3.40. The van der Waals surface area contributed by atoms with Crippen LogP contribution in [0.3, 0.4) is 0 Å². The first-order valence-electron chi connectivity index (χ1n) is 10.9. The molecule has 34 heavy (non-hydrogen) atoms. The highest BCUT2D eigenvalue weighted by atomic mass is 32.2. The van der Waals surface area contributed by atoms with Gasteiger partial charge in [0.15, 0.2) is 0 Å². The number of rotatable bonds is 8. The largest absolute Gasteiger partial charge is 0.351 e. The maximum absolute atomic E-state index is 13.0. The fraction of sp³-hybridized carbons (Fsp3) is 0.250. The Balaban J connectivity index is 1.28. The lowest BCUT2D eigenvalue weighted by molar-refractivity contribution is -0.122. The standard InChI is InChI=1S/C24H26N4O4S2/c29-22(25-17-19-6-2-1-3-7-19)18-27-11-13-28(14-12-27)24(30)20-8-4-9-21(16-20)26-34(31,32)23-10-5-15-33-23/h1-10,15-16,26H,11-14,17-18H2,(H,25,29). The third-order valence-corrected chi connectivity index (χ3v) is 8.26. The zero-order valence-corrected chi connectivity index (χ0v) is 20.1. The molecule has 10 heteroatoms. The molecule has 1 aliphatic rings. The summed E-state index contributed by atoms with van der Waals surface area (Å²) in [5, 5.41) is 4.62. The molecule has 1 saturated heterocycles. The van der Waals surface area contributed by atoms with Crippen molar-refractivity contribution in [3.8, 4) is 0 Å². The van der Waals surface area contributed by atoms with Crippen molar-refractivity contribution >= 4 is 38.9 Å². The van der Waals surface area contributed by atoms with Crippen molar-refractivity contribution in [2.24, 2.45) is 0 Å². The van der Waals surface area contributed by atoms with Gasteiger partial charge in [0.05, 0.1) is 6.54 Å². The zero-order chi connectivity index (χ0) is 24.0. The number of anilines is 1. The predicted octanol–water partition coefficient (Wildman–Crippen LogP) is 2.62. The van der Waals surface area contributed by atoms with Gasteiger partial charge in [0.2, 0.25) is 5.91 Å². The second kappa shape index (κ2) is 10.8. The SMILES string of the molecule is O=C(CN1CCN(C(=O)c2cccc(NS(=O)(=O)c3cccs3)c2)CC1)NCc1ccccc1. The van der Waals surface area contributed by atoms with E-state index in [0.717, 1.165) is 16.9 Å². The van der Waals surface area contributed by atoms with Crippen molar-refractivity contribution in [3.63, 3.8) is 0 Å². The summed E-state index contributed by atoms with van der Waals surface area (Å²) >= 11 is 1.13. The van der Waals surface area contributed by atoms with Gasteiger partial charge >= 0.3 is 0 Å². The van der Waals surface area contributed by atoms with Crippen molar-refractivity contribution < 1.29 is 18.0 Å². The van der Waals surface area contributed by atoms with Gasteiger partial charge in [0.1, 0.15) is 4.21 Å². The number of thiophene rings is 1. The molecule has 2 heterocycles. The Hall–Kier alpha value is -3.21. The molecule has 0 spiro atoms. The van der Waals surface area contributed by atoms with Gasteiger partial charge in [-0.1, -0.05) is 42.5 Å². The molecule has 0 aliphatic carbocycles. The van der Waals surface area contributed by atoms with Crippen LogP contribution in [0.25, 0.3) is 0 Å². The second-order valence-corrected chi connectivity index (χ2v) is 10.8. The molecule has 178 valence electrons. The highest BCUT2D eigenvalue weighted by molar-refractivity contribution is 7.94. The van der Waals surface area contributed by atoms with Gasteiger partial charge in [-0.15, -0.1) is 11.3 Å². The zero-order valence-electron chi connectivity index (χ0n) is 18.5. The Labute approximate surface area is 203 Å². The quantitative estimate of drug-likeness (QED) is 0.498. The van der Waals surface area contributed by atoms with Crippen LogP contribution in [-0.4, -0.2) is 62.8 Å². The molecule has 0 radical (unpaired) electrons.